The third-order valence-corrected chi connectivity index (χ3v) is 5.21. The highest BCUT2D eigenvalue weighted by Gasteiger charge is 2.40. The minimum Gasteiger partial charge on any atom is -0.497 e. The third-order valence-electron chi connectivity index (χ3n) is 5.21. The van der Waals surface area contributed by atoms with Gasteiger partial charge in [0, 0.05) is 17.5 Å². The van der Waals surface area contributed by atoms with Crippen LogP contribution in [-0.2, 0) is 0 Å². The number of nitrogens with zero attached hydrogens (tertiary/aromatic N) is 2. The average molecular weight is 356 g/mol. The maximum Gasteiger partial charge on any atom is 0.213 e. The minimum atomic E-state index is -0.253. The molecule has 2 aliphatic heterocycles. The number of hydrazone groups is 1. The second-order valence-electron chi connectivity index (χ2n) is 6.79. The van der Waals surface area contributed by atoms with Gasteiger partial charge in [0.25, 0.3) is 0 Å². The van der Waals surface area contributed by atoms with Crippen LogP contribution in [-0.4, -0.2) is 17.8 Å². The summed E-state index contributed by atoms with van der Waals surface area (Å²) in [7, 11) is 1.68. The van der Waals surface area contributed by atoms with Crippen molar-refractivity contribution in [3.05, 3.63) is 95.6 Å². The van der Waals surface area contributed by atoms with Gasteiger partial charge in [-0.15, -0.1) is 0 Å². The molecule has 0 amide bonds. The number of para-hydroxylation sites is 1. The Morgan fingerprint density at radius 1 is 0.926 bits per heavy atom. The lowest BCUT2D eigenvalue weighted by atomic mass is 9.96. The van der Waals surface area contributed by atoms with Crippen molar-refractivity contribution in [1.82, 2.24) is 5.01 Å². The lowest BCUT2D eigenvalue weighted by Crippen LogP contribution is -2.33. The first-order valence-corrected chi connectivity index (χ1v) is 9.14. The Hall–Kier alpha value is -3.27. The summed E-state index contributed by atoms with van der Waals surface area (Å²) >= 11 is 0. The van der Waals surface area contributed by atoms with E-state index in [1.807, 2.05) is 42.5 Å². The molecule has 3 aromatic carbocycles. The van der Waals surface area contributed by atoms with E-state index in [4.69, 9.17) is 14.6 Å². The number of fused-ring (bicyclic) bond motifs is 3. The maximum absolute atomic E-state index is 6.37. The molecule has 134 valence electrons. The van der Waals surface area contributed by atoms with Gasteiger partial charge in [-0.2, -0.15) is 5.10 Å². The molecular formula is C23H20N2O2. The molecule has 0 aliphatic carbocycles. The topological polar surface area (TPSA) is 34.1 Å². The second kappa shape index (κ2) is 6.47. The lowest BCUT2D eigenvalue weighted by molar-refractivity contribution is -0.0190. The van der Waals surface area contributed by atoms with Gasteiger partial charge >= 0.3 is 0 Å². The summed E-state index contributed by atoms with van der Waals surface area (Å²) in [6.45, 7) is 0. The van der Waals surface area contributed by atoms with E-state index in [2.05, 4.69) is 41.4 Å². The first-order valence-electron chi connectivity index (χ1n) is 9.14. The summed E-state index contributed by atoms with van der Waals surface area (Å²) in [5.41, 5.74) is 4.52. The van der Waals surface area contributed by atoms with Gasteiger partial charge in [0.1, 0.15) is 11.5 Å². The predicted octanol–water partition coefficient (Wildman–Crippen LogP) is 4.94. The fourth-order valence-electron chi connectivity index (χ4n) is 3.83. The molecule has 2 heterocycles. The molecule has 3 aromatic rings. The monoisotopic (exact) mass is 356 g/mol. The van der Waals surface area contributed by atoms with E-state index in [0.29, 0.717) is 0 Å². The molecule has 0 saturated carbocycles. The molecule has 2 atom stereocenters. The zero-order chi connectivity index (χ0) is 18.2. The predicted molar refractivity (Wildman–Crippen MR) is 105 cm³/mol. The fourth-order valence-corrected chi connectivity index (χ4v) is 3.83. The summed E-state index contributed by atoms with van der Waals surface area (Å²) in [5, 5.41) is 7.08. The number of rotatable bonds is 3. The van der Waals surface area contributed by atoms with Gasteiger partial charge in [0.2, 0.25) is 6.23 Å². The molecule has 0 N–H and O–H groups in total. The summed E-state index contributed by atoms with van der Waals surface area (Å²) in [6.07, 6.45) is 0.619. The Morgan fingerprint density at radius 2 is 1.67 bits per heavy atom. The van der Waals surface area contributed by atoms with Crippen molar-refractivity contribution >= 4 is 5.71 Å². The highest BCUT2D eigenvalue weighted by Crippen LogP contribution is 2.47. The van der Waals surface area contributed by atoms with Crippen LogP contribution in [0.3, 0.4) is 0 Å². The quantitative estimate of drug-likeness (QED) is 0.667. The molecule has 5 rings (SSSR count). The molecule has 0 saturated heterocycles. The second-order valence-corrected chi connectivity index (χ2v) is 6.79. The molecule has 0 bridgehead atoms. The number of hydrogen-bond donors (Lipinski definition) is 0. The highest BCUT2D eigenvalue weighted by molar-refractivity contribution is 6.01. The van der Waals surface area contributed by atoms with Gasteiger partial charge in [-0.1, -0.05) is 48.5 Å². The van der Waals surface area contributed by atoms with Crippen LogP contribution < -0.4 is 9.47 Å². The smallest absolute Gasteiger partial charge is 0.213 e. The third kappa shape index (κ3) is 2.74. The minimum absolute atomic E-state index is 0.178. The van der Waals surface area contributed by atoms with Gasteiger partial charge in [0.15, 0.2) is 0 Å². The van der Waals surface area contributed by atoms with Crippen molar-refractivity contribution in [2.75, 3.05) is 7.11 Å². The molecule has 4 heteroatoms. The van der Waals surface area contributed by atoms with Gasteiger partial charge in [-0.05, 0) is 35.9 Å². The van der Waals surface area contributed by atoms with E-state index in [1.165, 1.54) is 5.56 Å². The van der Waals surface area contributed by atoms with Crippen LogP contribution in [0, 0.1) is 0 Å². The number of methoxy groups -OCH3 is 1. The largest absolute Gasteiger partial charge is 0.497 e. The lowest BCUT2D eigenvalue weighted by Gasteiger charge is -2.38. The van der Waals surface area contributed by atoms with Crippen LogP contribution in [0.25, 0.3) is 0 Å². The molecule has 0 fully saturated rings. The molecule has 27 heavy (non-hydrogen) atoms. The number of hydrogen-bond acceptors (Lipinski definition) is 4. The summed E-state index contributed by atoms with van der Waals surface area (Å²) < 4.78 is 11.7. The zero-order valence-corrected chi connectivity index (χ0v) is 15.1. The maximum atomic E-state index is 6.37. The van der Waals surface area contributed by atoms with Crippen molar-refractivity contribution in [2.24, 2.45) is 5.10 Å². The van der Waals surface area contributed by atoms with Crippen LogP contribution in [0.5, 0.6) is 11.5 Å². The van der Waals surface area contributed by atoms with Crippen molar-refractivity contribution in [1.29, 1.82) is 0 Å². The number of benzene rings is 3. The fraction of sp³-hybridized carbons (Fsp3) is 0.174. The van der Waals surface area contributed by atoms with Gasteiger partial charge in [-0.25, -0.2) is 5.01 Å². The summed E-state index contributed by atoms with van der Waals surface area (Å²) in [6, 6.07) is 26.8. The molecule has 2 aliphatic rings. The molecule has 0 radical (unpaired) electrons. The van der Waals surface area contributed by atoms with Gasteiger partial charge < -0.3 is 9.47 Å². The van der Waals surface area contributed by atoms with Crippen molar-refractivity contribution in [3.8, 4) is 11.5 Å². The Kier molecular flexibility index (Phi) is 3.82. The molecule has 0 spiro atoms. The van der Waals surface area contributed by atoms with Crippen LogP contribution in [0.4, 0.5) is 0 Å². The standard InChI is InChI=1S/C23H20N2O2/c1-26-18-13-11-17(12-14-18)23-25-21(19-9-5-6-10-22(19)27-23)15-20(24-25)16-7-3-2-4-8-16/h2-14,21,23H,15H2,1H3/t21-,23+/m1/s1. The van der Waals surface area contributed by atoms with E-state index in [1.54, 1.807) is 7.11 Å². The molecular weight excluding hydrogens is 336 g/mol. The van der Waals surface area contributed by atoms with Crippen molar-refractivity contribution < 1.29 is 9.47 Å². The first kappa shape index (κ1) is 15.9. The first-order chi connectivity index (χ1) is 13.3. The van der Waals surface area contributed by atoms with E-state index in [0.717, 1.165) is 34.8 Å². The Balaban J connectivity index is 1.57. The molecule has 0 unspecified atom stereocenters. The molecule has 4 nitrogen and oxygen atoms in total. The Labute approximate surface area is 158 Å². The Morgan fingerprint density at radius 3 is 2.44 bits per heavy atom. The van der Waals surface area contributed by atoms with Crippen LogP contribution in [0.2, 0.25) is 0 Å². The summed E-state index contributed by atoms with van der Waals surface area (Å²) in [5.74, 6) is 1.77. The van der Waals surface area contributed by atoms with Gasteiger partial charge in [-0.3, -0.25) is 0 Å². The normalized spacial score (nSPS) is 20.3. The van der Waals surface area contributed by atoms with E-state index >= 15 is 0 Å². The SMILES string of the molecule is COc1ccc([C@@H]2Oc3ccccc3[C@H]3CC(c4ccccc4)=NN32)cc1. The van der Waals surface area contributed by atoms with E-state index in [-0.39, 0.29) is 12.3 Å². The summed E-state index contributed by atoms with van der Waals surface area (Å²) in [4.78, 5) is 0. The van der Waals surface area contributed by atoms with Crippen LogP contribution in [0.15, 0.2) is 84.0 Å². The van der Waals surface area contributed by atoms with Gasteiger partial charge in [0.05, 0.1) is 18.9 Å². The van der Waals surface area contributed by atoms with E-state index in [9.17, 15) is 0 Å². The van der Waals surface area contributed by atoms with Crippen LogP contribution >= 0.6 is 0 Å². The van der Waals surface area contributed by atoms with Crippen molar-refractivity contribution in [2.45, 2.75) is 18.7 Å². The Bertz CT molecular complexity index is 983. The average Bonchev–Trinajstić information content (AvgIpc) is 3.20. The highest BCUT2D eigenvalue weighted by atomic mass is 16.5. The number of ether oxygens (including phenoxy) is 2. The molecule has 0 aromatic heterocycles. The van der Waals surface area contributed by atoms with E-state index < -0.39 is 0 Å². The van der Waals surface area contributed by atoms with Crippen LogP contribution in [0.1, 0.15) is 35.4 Å². The zero-order valence-electron chi connectivity index (χ0n) is 15.1. The van der Waals surface area contributed by atoms with Crippen molar-refractivity contribution in [3.63, 3.8) is 0 Å².